The minimum atomic E-state index is -0.549. The van der Waals surface area contributed by atoms with Gasteiger partial charge in [-0.05, 0) is 56.5 Å². The number of nitrogens with zero attached hydrogens (tertiary/aromatic N) is 1. The normalized spacial score (nSPS) is 16.6. The van der Waals surface area contributed by atoms with E-state index in [0.29, 0.717) is 22.4 Å². The minimum Gasteiger partial charge on any atom is -0.490 e. The number of likely N-dealkylation sites (tertiary alicyclic amines) is 1. The molecule has 0 unspecified atom stereocenters. The third kappa shape index (κ3) is 5.03. The van der Waals surface area contributed by atoms with Crippen molar-refractivity contribution in [3.05, 3.63) is 28.8 Å². The molecule has 1 aromatic rings. The van der Waals surface area contributed by atoms with E-state index in [2.05, 4.69) is 18.7 Å². The SMILES string of the molecule is CC(C)N1CCC(Oc2ccc(C(=O)Cl)c(Cl)c2)CC1.Cl. The fourth-order valence-electron chi connectivity index (χ4n) is 2.43. The highest BCUT2D eigenvalue weighted by molar-refractivity contribution is 6.68. The lowest BCUT2D eigenvalue weighted by Gasteiger charge is -2.34. The van der Waals surface area contributed by atoms with Gasteiger partial charge in [0.2, 0.25) is 0 Å². The van der Waals surface area contributed by atoms with Gasteiger partial charge in [-0.25, -0.2) is 0 Å². The van der Waals surface area contributed by atoms with Crippen LogP contribution in [-0.4, -0.2) is 35.4 Å². The third-order valence-corrected chi connectivity index (χ3v) is 4.18. The van der Waals surface area contributed by atoms with Crippen LogP contribution in [0.15, 0.2) is 18.2 Å². The van der Waals surface area contributed by atoms with E-state index < -0.39 is 5.24 Å². The summed E-state index contributed by atoms with van der Waals surface area (Å²) in [5, 5.41) is -0.214. The van der Waals surface area contributed by atoms with E-state index in [-0.39, 0.29) is 18.5 Å². The summed E-state index contributed by atoms with van der Waals surface area (Å²) in [6, 6.07) is 5.60. The second kappa shape index (κ2) is 8.23. The summed E-state index contributed by atoms with van der Waals surface area (Å²) in [6.45, 7) is 6.52. The average Bonchev–Trinajstić information content (AvgIpc) is 2.39. The lowest BCUT2D eigenvalue weighted by Crippen LogP contribution is -2.41. The molecule has 0 atom stereocenters. The lowest BCUT2D eigenvalue weighted by atomic mass is 10.1. The van der Waals surface area contributed by atoms with Crippen molar-refractivity contribution >= 4 is 40.9 Å². The van der Waals surface area contributed by atoms with Crippen LogP contribution < -0.4 is 4.74 Å². The van der Waals surface area contributed by atoms with E-state index in [9.17, 15) is 4.79 Å². The molecule has 1 saturated heterocycles. The second-order valence-corrected chi connectivity index (χ2v) is 6.11. The van der Waals surface area contributed by atoms with Crippen molar-refractivity contribution in [2.75, 3.05) is 13.1 Å². The Kier molecular flexibility index (Phi) is 7.28. The minimum absolute atomic E-state index is 0. The number of benzene rings is 1. The smallest absolute Gasteiger partial charge is 0.253 e. The highest BCUT2D eigenvalue weighted by Gasteiger charge is 2.22. The number of hydrogen-bond donors (Lipinski definition) is 0. The molecule has 0 saturated carbocycles. The number of hydrogen-bond acceptors (Lipinski definition) is 3. The summed E-state index contributed by atoms with van der Waals surface area (Å²) in [5.41, 5.74) is 0.315. The van der Waals surface area contributed by atoms with Crippen molar-refractivity contribution < 1.29 is 9.53 Å². The molecule has 118 valence electrons. The second-order valence-electron chi connectivity index (χ2n) is 5.36. The van der Waals surface area contributed by atoms with Crippen LogP contribution in [0.25, 0.3) is 0 Å². The van der Waals surface area contributed by atoms with Gasteiger partial charge in [0.15, 0.2) is 0 Å². The van der Waals surface area contributed by atoms with E-state index in [1.807, 2.05) is 0 Å². The number of carbonyl (C=O) groups excluding carboxylic acids is 1. The summed E-state index contributed by atoms with van der Waals surface area (Å²) >= 11 is 11.4. The molecule has 0 N–H and O–H groups in total. The summed E-state index contributed by atoms with van der Waals surface area (Å²) in [7, 11) is 0. The maximum Gasteiger partial charge on any atom is 0.253 e. The van der Waals surface area contributed by atoms with Gasteiger partial charge in [0.1, 0.15) is 11.9 Å². The molecule has 1 aliphatic rings. The number of halogens is 3. The first-order valence-electron chi connectivity index (χ1n) is 6.87. The van der Waals surface area contributed by atoms with Crippen LogP contribution in [0.5, 0.6) is 5.75 Å². The van der Waals surface area contributed by atoms with Crippen LogP contribution in [0.1, 0.15) is 37.0 Å². The molecule has 21 heavy (non-hydrogen) atoms. The first-order valence-corrected chi connectivity index (χ1v) is 7.63. The van der Waals surface area contributed by atoms with Gasteiger partial charge in [0, 0.05) is 19.1 Å². The largest absolute Gasteiger partial charge is 0.490 e. The average molecular weight is 353 g/mol. The Morgan fingerprint density at radius 2 is 1.95 bits per heavy atom. The molecule has 3 nitrogen and oxygen atoms in total. The maximum absolute atomic E-state index is 11.1. The van der Waals surface area contributed by atoms with Gasteiger partial charge in [0.05, 0.1) is 10.6 Å². The van der Waals surface area contributed by atoms with Gasteiger partial charge in [-0.2, -0.15) is 0 Å². The molecular formula is C15H20Cl3NO2. The Balaban J connectivity index is 0.00000220. The Hall–Kier alpha value is -0.480. The first-order chi connectivity index (χ1) is 9.47. The van der Waals surface area contributed by atoms with Crippen molar-refractivity contribution in [2.45, 2.75) is 38.8 Å². The Bertz CT molecular complexity index is 486. The third-order valence-electron chi connectivity index (χ3n) is 3.66. The van der Waals surface area contributed by atoms with Crippen molar-refractivity contribution in [3.8, 4) is 5.75 Å². The van der Waals surface area contributed by atoms with Crippen LogP contribution >= 0.6 is 35.6 Å². The Morgan fingerprint density at radius 1 is 1.33 bits per heavy atom. The molecule has 0 aromatic heterocycles. The molecule has 0 spiro atoms. The number of rotatable bonds is 4. The molecule has 6 heteroatoms. The van der Waals surface area contributed by atoms with Crippen molar-refractivity contribution in [1.29, 1.82) is 0 Å². The molecular weight excluding hydrogens is 333 g/mol. The first kappa shape index (κ1) is 18.6. The van der Waals surface area contributed by atoms with Crippen molar-refractivity contribution in [1.82, 2.24) is 4.90 Å². The van der Waals surface area contributed by atoms with E-state index in [1.54, 1.807) is 18.2 Å². The van der Waals surface area contributed by atoms with Gasteiger partial charge in [-0.3, -0.25) is 4.79 Å². The number of ether oxygens (including phenoxy) is 1. The molecule has 0 amide bonds. The number of carbonyl (C=O) groups is 1. The summed E-state index contributed by atoms with van der Waals surface area (Å²) in [4.78, 5) is 13.5. The Labute approximate surface area is 142 Å². The zero-order valence-electron chi connectivity index (χ0n) is 12.1. The van der Waals surface area contributed by atoms with Crippen LogP contribution in [-0.2, 0) is 0 Å². The van der Waals surface area contributed by atoms with Crippen LogP contribution in [0, 0.1) is 0 Å². The highest BCUT2D eigenvalue weighted by Crippen LogP contribution is 2.26. The quantitative estimate of drug-likeness (QED) is 0.753. The summed E-state index contributed by atoms with van der Waals surface area (Å²) in [5.74, 6) is 0.694. The van der Waals surface area contributed by atoms with E-state index in [4.69, 9.17) is 27.9 Å². The molecule has 1 aliphatic heterocycles. The van der Waals surface area contributed by atoms with Gasteiger partial charge in [-0.15, -0.1) is 12.4 Å². The van der Waals surface area contributed by atoms with E-state index in [0.717, 1.165) is 25.9 Å². The van der Waals surface area contributed by atoms with Crippen molar-refractivity contribution in [3.63, 3.8) is 0 Å². The predicted octanol–water partition coefficient (Wildman–Crippen LogP) is 4.39. The molecule has 1 fully saturated rings. The number of piperidine rings is 1. The van der Waals surface area contributed by atoms with Gasteiger partial charge >= 0.3 is 0 Å². The van der Waals surface area contributed by atoms with E-state index >= 15 is 0 Å². The fourth-order valence-corrected chi connectivity index (χ4v) is 2.90. The van der Waals surface area contributed by atoms with E-state index in [1.165, 1.54) is 0 Å². The van der Waals surface area contributed by atoms with Gasteiger partial charge in [-0.1, -0.05) is 11.6 Å². The van der Waals surface area contributed by atoms with Crippen LogP contribution in [0.3, 0.4) is 0 Å². The molecule has 2 rings (SSSR count). The molecule has 1 aromatic carbocycles. The topological polar surface area (TPSA) is 29.5 Å². The Morgan fingerprint density at radius 3 is 2.43 bits per heavy atom. The fraction of sp³-hybridized carbons (Fsp3) is 0.533. The maximum atomic E-state index is 11.1. The molecule has 0 aliphatic carbocycles. The summed E-state index contributed by atoms with van der Waals surface area (Å²) in [6.07, 6.45) is 2.22. The molecule has 1 heterocycles. The molecule has 0 radical (unpaired) electrons. The highest BCUT2D eigenvalue weighted by atomic mass is 35.5. The van der Waals surface area contributed by atoms with Crippen molar-refractivity contribution in [2.24, 2.45) is 0 Å². The van der Waals surface area contributed by atoms with Gasteiger partial charge < -0.3 is 9.64 Å². The molecule has 0 bridgehead atoms. The zero-order chi connectivity index (χ0) is 14.7. The lowest BCUT2D eigenvalue weighted by molar-refractivity contribution is 0.0843. The predicted molar refractivity (Wildman–Crippen MR) is 89.2 cm³/mol. The van der Waals surface area contributed by atoms with Crippen LogP contribution in [0.2, 0.25) is 5.02 Å². The van der Waals surface area contributed by atoms with Crippen LogP contribution in [0.4, 0.5) is 0 Å². The van der Waals surface area contributed by atoms with Gasteiger partial charge in [0.25, 0.3) is 5.24 Å². The monoisotopic (exact) mass is 351 g/mol. The summed E-state index contributed by atoms with van der Waals surface area (Å²) < 4.78 is 5.93. The standard InChI is InChI=1S/C15H19Cl2NO2.ClH/c1-10(2)18-7-5-11(6-8-18)20-12-3-4-13(15(17)19)14(16)9-12;/h3-4,9-11H,5-8H2,1-2H3;1H. The zero-order valence-corrected chi connectivity index (χ0v) is 14.5.